The number of ether oxygens (including phenoxy) is 3. The van der Waals surface area contributed by atoms with Gasteiger partial charge in [-0.2, -0.15) is 0 Å². The molecular weight excluding hydrogens is 1020 g/mol. The van der Waals surface area contributed by atoms with E-state index in [9.17, 15) is 28.9 Å². The van der Waals surface area contributed by atoms with Gasteiger partial charge in [0.15, 0.2) is 6.10 Å². The van der Waals surface area contributed by atoms with Gasteiger partial charge < -0.3 is 24.2 Å². The van der Waals surface area contributed by atoms with Crippen LogP contribution in [0.4, 0.5) is 0 Å². The first-order chi connectivity index (χ1) is 39.2. The molecule has 0 heterocycles. The number of phosphoric ester groups is 1. The molecule has 0 aromatic carbocycles. The molecule has 0 aromatic heterocycles. The largest absolute Gasteiger partial charge is 0.472 e. The molecule has 0 rings (SSSR count). The molecule has 3 atom stereocenters. The third-order valence-corrected chi connectivity index (χ3v) is 14.4. The van der Waals surface area contributed by atoms with E-state index in [1.54, 1.807) is 0 Å². The lowest BCUT2D eigenvalue weighted by Gasteiger charge is -2.21. The molecule has 2 N–H and O–H groups in total. The number of hydrogen-bond acceptors (Lipinski definition) is 10. The predicted octanol–water partition coefficient (Wildman–Crippen LogP) is 19.6. The van der Waals surface area contributed by atoms with Crippen LogP contribution in [0.15, 0.2) is 97.2 Å². The second kappa shape index (κ2) is 61.5. The quantitative estimate of drug-likeness (QED) is 0.0197. The first-order valence-corrected chi connectivity index (χ1v) is 33.6. The second-order valence-electron chi connectivity index (χ2n) is 21.2. The van der Waals surface area contributed by atoms with Crippen molar-refractivity contribution in [2.45, 2.75) is 290 Å². The third kappa shape index (κ3) is 59.0. The van der Waals surface area contributed by atoms with E-state index >= 15 is 0 Å². The topological polar surface area (TPSA) is 155 Å². The fourth-order valence-electron chi connectivity index (χ4n) is 8.65. The molecule has 0 aliphatic rings. The van der Waals surface area contributed by atoms with Crippen molar-refractivity contribution in [3.05, 3.63) is 97.2 Å². The van der Waals surface area contributed by atoms with E-state index in [2.05, 4.69) is 118 Å². The number of phosphoric acid groups is 1. The van der Waals surface area contributed by atoms with E-state index in [1.165, 1.54) is 83.5 Å². The lowest BCUT2D eigenvalue weighted by atomic mass is 10.1. The zero-order valence-corrected chi connectivity index (χ0v) is 51.9. The van der Waals surface area contributed by atoms with Gasteiger partial charge in [0.25, 0.3) is 0 Å². The van der Waals surface area contributed by atoms with Gasteiger partial charge in [0, 0.05) is 19.3 Å². The first kappa shape index (κ1) is 76.4. The summed E-state index contributed by atoms with van der Waals surface area (Å²) in [5.41, 5.74) is 0. The summed E-state index contributed by atoms with van der Waals surface area (Å²) in [4.78, 5) is 48.8. The first-order valence-electron chi connectivity index (χ1n) is 32.1. The maximum absolute atomic E-state index is 13.0. The van der Waals surface area contributed by atoms with Crippen LogP contribution >= 0.6 is 7.82 Å². The minimum absolute atomic E-state index is 0.144. The molecule has 0 aliphatic heterocycles. The fourth-order valence-corrected chi connectivity index (χ4v) is 9.44. The molecule has 0 aliphatic carbocycles. The normalized spacial score (nSPS) is 13.9. The smallest absolute Gasteiger partial charge is 0.462 e. The van der Waals surface area contributed by atoms with Crippen molar-refractivity contribution in [1.29, 1.82) is 0 Å². The Morgan fingerprint density at radius 3 is 1.01 bits per heavy atom. The fraction of sp³-hybridized carbons (Fsp3) is 0.721. The molecule has 0 bridgehead atoms. The van der Waals surface area contributed by atoms with Crippen LogP contribution < -0.4 is 0 Å². The molecule has 0 amide bonds. The van der Waals surface area contributed by atoms with Crippen LogP contribution in [0.5, 0.6) is 0 Å². The van der Waals surface area contributed by atoms with E-state index in [1.807, 2.05) is 0 Å². The van der Waals surface area contributed by atoms with Gasteiger partial charge in [0.1, 0.15) is 12.7 Å². The Balaban J connectivity index is 4.71. The molecule has 0 radical (unpaired) electrons. The van der Waals surface area contributed by atoms with Gasteiger partial charge in [0.2, 0.25) is 0 Å². The van der Waals surface area contributed by atoms with Crippen molar-refractivity contribution in [3.63, 3.8) is 0 Å². The molecular formula is C68H117O11P. The summed E-state index contributed by atoms with van der Waals surface area (Å²) in [7, 11) is -4.77. The predicted molar refractivity (Wildman–Crippen MR) is 334 cm³/mol. The molecule has 3 unspecified atom stereocenters. The Morgan fingerprint density at radius 1 is 0.362 bits per heavy atom. The maximum atomic E-state index is 13.0. The minimum Gasteiger partial charge on any atom is -0.462 e. The zero-order chi connectivity index (χ0) is 58.3. The van der Waals surface area contributed by atoms with Crippen LogP contribution in [0.25, 0.3) is 0 Å². The summed E-state index contributed by atoms with van der Waals surface area (Å²) in [6.07, 6.45) is 73.5. The van der Waals surface area contributed by atoms with E-state index in [-0.39, 0.29) is 25.9 Å². The SMILES string of the molecule is CC/C=C\C/C=C\C/C=C\C/C=C\CCCCCCCCC(=O)OC(COC(=O)CCCCCCC/C=C\C/C=C\C/C=C\CC)COP(=O)(O)OCC(CO)OC(=O)CCCCCCCCCCC/C=C\CCCCCCCC. The van der Waals surface area contributed by atoms with Crippen LogP contribution in [0.2, 0.25) is 0 Å². The lowest BCUT2D eigenvalue weighted by Crippen LogP contribution is -2.30. The number of unbranched alkanes of at least 4 members (excludes halogenated alkanes) is 26. The zero-order valence-electron chi connectivity index (χ0n) is 51.0. The standard InChI is InChI=1S/C68H117O11P/c1-4-7-10-13-16-19-22-25-28-30-32-34-37-40-43-46-49-52-55-58-67(71)78-64(60-69)62-76-80(73,74)77-63-65(61-75-66(70)57-54-51-48-45-42-39-36-27-24-21-18-15-12-9-6-3)79-68(72)59-56-53-50-47-44-41-38-35-33-31-29-26-23-20-17-14-11-8-5-2/h8-9,11-12,17-18,20-21,25-29,33,35-36,64-65,69H,4-7,10,13-16,19,22-24,30-32,34,37-63H2,1-3H3,(H,73,74)/b11-8-,12-9-,20-17-,21-18-,28-25-,29-26-,35-33-,36-27-. The van der Waals surface area contributed by atoms with Crippen molar-refractivity contribution in [1.82, 2.24) is 0 Å². The molecule has 12 heteroatoms. The van der Waals surface area contributed by atoms with Gasteiger partial charge in [0.05, 0.1) is 19.8 Å². The highest BCUT2D eigenvalue weighted by molar-refractivity contribution is 7.47. The van der Waals surface area contributed by atoms with Crippen LogP contribution in [-0.4, -0.2) is 66.5 Å². The van der Waals surface area contributed by atoms with Crippen LogP contribution in [-0.2, 0) is 42.2 Å². The number of hydrogen-bond donors (Lipinski definition) is 2. The van der Waals surface area contributed by atoms with Gasteiger partial charge in [-0.05, 0) is 116 Å². The van der Waals surface area contributed by atoms with Crippen LogP contribution in [0.1, 0.15) is 278 Å². The van der Waals surface area contributed by atoms with Crippen LogP contribution in [0, 0.1) is 0 Å². The highest BCUT2D eigenvalue weighted by Crippen LogP contribution is 2.43. The number of aliphatic hydroxyl groups is 1. The van der Waals surface area contributed by atoms with Crippen molar-refractivity contribution in [2.75, 3.05) is 26.4 Å². The Hall–Kier alpha value is -3.60. The third-order valence-electron chi connectivity index (χ3n) is 13.5. The number of carbonyl (C=O) groups is 3. The molecule has 460 valence electrons. The molecule has 0 spiro atoms. The molecule has 80 heavy (non-hydrogen) atoms. The summed E-state index contributed by atoms with van der Waals surface area (Å²) in [6, 6.07) is 0. The number of carbonyl (C=O) groups excluding carboxylic acids is 3. The monoisotopic (exact) mass is 1140 g/mol. The Bertz CT molecular complexity index is 1710. The van der Waals surface area contributed by atoms with E-state index < -0.39 is 57.8 Å². The number of rotatable bonds is 59. The summed E-state index contributed by atoms with van der Waals surface area (Å²) in [5.74, 6) is -1.50. The molecule has 11 nitrogen and oxygen atoms in total. The Labute approximate surface area is 489 Å². The molecule has 0 aromatic rings. The van der Waals surface area contributed by atoms with Crippen molar-refractivity contribution in [3.8, 4) is 0 Å². The maximum Gasteiger partial charge on any atom is 0.472 e. The summed E-state index contributed by atoms with van der Waals surface area (Å²) >= 11 is 0. The van der Waals surface area contributed by atoms with Gasteiger partial charge in [-0.1, -0.05) is 240 Å². The van der Waals surface area contributed by atoms with Crippen LogP contribution in [0.3, 0.4) is 0 Å². The van der Waals surface area contributed by atoms with Gasteiger partial charge in [-0.3, -0.25) is 23.4 Å². The summed E-state index contributed by atoms with van der Waals surface area (Å²) in [5, 5.41) is 9.86. The van der Waals surface area contributed by atoms with Crippen molar-refractivity contribution in [2.24, 2.45) is 0 Å². The molecule has 0 saturated heterocycles. The molecule has 0 saturated carbocycles. The van der Waals surface area contributed by atoms with Gasteiger partial charge in [-0.25, -0.2) is 4.57 Å². The van der Waals surface area contributed by atoms with E-state index in [4.69, 9.17) is 23.3 Å². The van der Waals surface area contributed by atoms with E-state index in [0.29, 0.717) is 19.3 Å². The minimum atomic E-state index is -4.77. The average Bonchev–Trinajstić information content (AvgIpc) is 3.45. The second-order valence-corrected chi connectivity index (χ2v) is 22.6. The van der Waals surface area contributed by atoms with Gasteiger partial charge >= 0.3 is 25.7 Å². The van der Waals surface area contributed by atoms with Crippen molar-refractivity contribution < 1.29 is 52.2 Å². The Kier molecular flexibility index (Phi) is 58.7. The number of allylic oxidation sites excluding steroid dienone is 16. The van der Waals surface area contributed by atoms with E-state index in [0.717, 1.165) is 135 Å². The summed E-state index contributed by atoms with van der Waals surface area (Å²) < 4.78 is 39.7. The number of esters is 3. The highest BCUT2D eigenvalue weighted by Gasteiger charge is 2.28. The lowest BCUT2D eigenvalue weighted by molar-refractivity contribution is -0.161. The number of aliphatic hydroxyl groups excluding tert-OH is 1. The molecule has 0 fully saturated rings. The van der Waals surface area contributed by atoms with Crippen molar-refractivity contribution >= 4 is 25.7 Å². The Morgan fingerprint density at radius 2 is 0.650 bits per heavy atom. The van der Waals surface area contributed by atoms with Gasteiger partial charge in [-0.15, -0.1) is 0 Å². The highest BCUT2D eigenvalue weighted by atomic mass is 31.2. The average molecular weight is 1140 g/mol. The summed E-state index contributed by atoms with van der Waals surface area (Å²) in [6.45, 7) is 4.41.